The Labute approximate surface area is 105 Å². The minimum absolute atomic E-state index is 0.0879. The first-order valence-corrected chi connectivity index (χ1v) is 5.84. The number of hydrogen-bond acceptors (Lipinski definition) is 4. The third-order valence-corrected chi connectivity index (χ3v) is 2.81. The molecule has 5 nitrogen and oxygen atoms in total. The smallest absolute Gasteiger partial charge is 0.287 e. The number of nitrogens with two attached hydrogens (primary N) is 1. The van der Waals surface area contributed by atoms with Crippen molar-refractivity contribution in [1.82, 2.24) is 5.32 Å². The first kappa shape index (κ1) is 12.4. The quantitative estimate of drug-likeness (QED) is 0.716. The fourth-order valence-corrected chi connectivity index (χ4v) is 1.71. The van der Waals surface area contributed by atoms with E-state index in [1.54, 1.807) is 24.3 Å². The third-order valence-electron chi connectivity index (χ3n) is 2.81. The number of nitrogens with one attached hydrogen (secondary N) is 1. The van der Waals surface area contributed by atoms with Gasteiger partial charge >= 0.3 is 0 Å². The lowest BCUT2D eigenvalue weighted by Crippen LogP contribution is -2.36. The molecule has 0 fully saturated rings. The van der Waals surface area contributed by atoms with E-state index >= 15 is 0 Å². The first-order chi connectivity index (χ1) is 8.63. The maximum Gasteiger partial charge on any atom is 0.287 e. The van der Waals surface area contributed by atoms with Gasteiger partial charge in [-0.3, -0.25) is 4.79 Å². The molecule has 0 bridgehead atoms. The Morgan fingerprint density at radius 1 is 1.50 bits per heavy atom. The van der Waals surface area contributed by atoms with Gasteiger partial charge in [0.05, 0.1) is 12.6 Å². The van der Waals surface area contributed by atoms with Gasteiger partial charge in [0.25, 0.3) is 5.91 Å². The van der Waals surface area contributed by atoms with Gasteiger partial charge in [0.2, 0.25) is 0 Å². The van der Waals surface area contributed by atoms with Crippen molar-refractivity contribution >= 4 is 22.6 Å². The van der Waals surface area contributed by atoms with Crippen LogP contribution in [0.1, 0.15) is 23.9 Å². The van der Waals surface area contributed by atoms with Crippen LogP contribution in [0.15, 0.2) is 28.7 Å². The number of hydrogen-bond donors (Lipinski definition) is 3. The van der Waals surface area contributed by atoms with Crippen LogP contribution in [-0.4, -0.2) is 23.7 Å². The third kappa shape index (κ3) is 2.46. The minimum atomic E-state index is -0.328. The normalized spacial score (nSPS) is 12.6. The number of carbonyl (C=O) groups is 1. The summed E-state index contributed by atoms with van der Waals surface area (Å²) in [4.78, 5) is 11.9. The summed E-state index contributed by atoms with van der Waals surface area (Å²) in [6, 6.07) is 6.58. The van der Waals surface area contributed by atoms with Gasteiger partial charge in [-0.2, -0.15) is 0 Å². The number of furan rings is 1. The predicted molar refractivity (Wildman–Crippen MR) is 69.3 cm³/mol. The highest BCUT2D eigenvalue weighted by Gasteiger charge is 2.15. The van der Waals surface area contributed by atoms with Crippen molar-refractivity contribution in [3.63, 3.8) is 0 Å². The molecular formula is C13H16N2O3. The Bertz CT molecular complexity index is 558. The van der Waals surface area contributed by atoms with Crippen molar-refractivity contribution in [3.05, 3.63) is 30.0 Å². The van der Waals surface area contributed by atoms with Crippen molar-refractivity contribution in [2.24, 2.45) is 0 Å². The van der Waals surface area contributed by atoms with Gasteiger partial charge in [-0.25, -0.2) is 0 Å². The molecule has 0 spiro atoms. The van der Waals surface area contributed by atoms with Crippen molar-refractivity contribution in [2.45, 2.75) is 19.4 Å². The molecule has 1 aromatic carbocycles. The molecule has 0 aliphatic carbocycles. The van der Waals surface area contributed by atoms with Crippen LogP contribution in [0.4, 0.5) is 5.69 Å². The Balaban J connectivity index is 2.23. The zero-order valence-electron chi connectivity index (χ0n) is 10.1. The van der Waals surface area contributed by atoms with E-state index in [1.807, 2.05) is 6.92 Å². The average molecular weight is 248 g/mol. The van der Waals surface area contributed by atoms with Crippen LogP contribution in [0.3, 0.4) is 0 Å². The number of carbonyl (C=O) groups excluding carboxylic acids is 1. The summed E-state index contributed by atoms with van der Waals surface area (Å²) in [6.07, 6.45) is 0.662. The second kappa shape index (κ2) is 5.10. The van der Waals surface area contributed by atoms with Crippen LogP contribution in [-0.2, 0) is 0 Å². The lowest BCUT2D eigenvalue weighted by molar-refractivity contribution is 0.0889. The van der Waals surface area contributed by atoms with Crippen LogP contribution in [0.5, 0.6) is 0 Å². The van der Waals surface area contributed by atoms with Crippen molar-refractivity contribution in [2.75, 3.05) is 12.3 Å². The summed E-state index contributed by atoms with van der Waals surface area (Å²) >= 11 is 0. The number of anilines is 1. The largest absolute Gasteiger partial charge is 0.451 e. The summed E-state index contributed by atoms with van der Waals surface area (Å²) in [7, 11) is 0. The highest BCUT2D eigenvalue weighted by atomic mass is 16.3. The van der Waals surface area contributed by atoms with Crippen LogP contribution in [0, 0.1) is 0 Å². The van der Waals surface area contributed by atoms with E-state index in [-0.39, 0.29) is 24.3 Å². The molecule has 0 aliphatic heterocycles. The van der Waals surface area contributed by atoms with Gasteiger partial charge < -0.3 is 20.6 Å². The average Bonchev–Trinajstić information content (AvgIpc) is 2.78. The molecule has 0 saturated heterocycles. The summed E-state index contributed by atoms with van der Waals surface area (Å²) in [6.45, 7) is 1.80. The number of benzene rings is 1. The van der Waals surface area contributed by atoms with E-state index < -0.39 is 0 Å². The van der Waals surface area contributed by atoms with Crippen LogP contribution < -0.4 is 11.1 Å². The molecule has 0 aliphatic rings. The Hall–Kier alpha value is -2.01. The van der Waals surface area contributed by atoms with E-state index in [4.69, 9.17) is 15.3 Å². The SMILES string of the molecule is CC[C@@H](CO)NC(=O)c1cc2cc(N)ccc2o1. The fraction of sp³-hybridized carbons (Fsp3) is 0.308. The Morgan fingerprint density at radius 2 is 2.28 bits per heavy atom. The van der Waals surface area contributed by atoms with Gasteiger partial charge in [-0.05, 0) is 30.7 Å². The summed E-state index contributed by atoms with van der Waals surface area (Å²) in [5.41, 5.74) is 6.90. The molecule has 1 heterocycles. The standard InChI is InChI=1S/C13H16N2O3/c1-2-10(7-16)15-13(17)12-6-8-5-9(14)3-4-11(8)18-12/h3-6,10,16H,2,7,14H2,1H3,(H,15,17)/t10-/m0/s1. The maximum absolute atomic E-state index is 11.9. The maximum atomic E-state index is 11.9. The molecule has 96 valence electrons. The van der Waals surface area contributed by atoms with Crippen LogP contribution in [0.2, 0.25) is 0 Å². The molecule has 2 rings (SSSR count). The lowest BCUT2D eigenvalue weighted by atomic mass is 10.2. The van der Waals surface area contributed by atoms with Gasteiger partial charge in [0.15, 0.2) is 5.76 Å². The monoisotopic (exact) mass is 248 g/mol. The lowest BCUT2D eigenvalue weighted by Gasteiger charge is -2.12. The molecule has 0 radical (unpaired) electrons. The molecule has 2 aromatic rings. The zero-order valence-corrected chi connectivity index (χ0v) is 10.1. The van der Waals surface area contributed by atoms with E-state index in [0.717, 1.165) is 5.39 Å². The zero-order chi connectivity index (χ0) is 13.1. The van der Waals surface area contributed by atoms with Gasteiger partial charge in [-0.1, -0.05) is 6.92 Å². The molecule has 18 heavy (non-hydrogen) atoms. The minimum Gasteiger partial charge on any atom is -0.451 e. The molecule has 1 amide bonds. The van der Waals surface area contributed by atoms with Gasteiger partial charge in [0.1, 0.15) is 5.58 Å². The van der Waals surface area contributed by atoms with E-state index in [2.05, 4.69) is 5.32 Å². The first-order valence-electron chi connectivity index (χ1n) is 5.84. The predicted octanol–water partition coefficient (Wildman–Crippen LogP) is 1.52. The Kier molecular flexibility index (Phi) is 3.53. The van der Waals surface area contributed by atoms with E-state index in [9.17, 15) is 4.79 Å². The van der Waals surface area contributed by atoms with Crippen molar-refractivity contribution in [3.8, 4) is 0 Å². The molecule has 0 unspecified atom stereocenters. The van der Waals surface area contributed by atoms with E-state index in [1.165, 1.54) is 0 Å². The molecule has 1 atom stereocenters. The van der Waals surface area contributed by atoms with Gasteiger partial charge in [-0.15, -0.1) is 0 Å². The molecule has 5 heteroatoms. The second-order valence-electron chi connectivity index (χ2n) is 4.17. The number of fused-ring (bicyclic) bond motifs is 1. The molecule has 1 aromatic heterocycles. The van der Waals surface area contributed by atoms with Gasteiger partial charge in [0, 0.05) is 11.1 Å². The number of aliphatic hydroxyl groups excluding tert-OH is 1. The summed E-state index contributed by atoms with van der Waals surface area (Å²) in [5, 5.41) is 12.5. The number of rotatable bonds is 4. The topological polar surface area (TPSA) is 88.5 Å². The molecule has 4 N–H and O–H groups in total. The van der Waals surface area contributed by atoms with Crippen molar-refractivity contribution in [1.29, 1.82) is 0 Å². The number of nitrogen functional groups attached to an aromatic ring is 1. The Morgan fingerprint density at radius 3 is 2.94 bits per heavy atom. The number of aliphatic hydroxyl groups is 1. The summed E-state index contributed by atoms with van der Waals surface area (Å²) in [5.74, 6) is -0.104. The highest BCUT2D eigenvalue weighted by Crippen LogP contribution is 2.21. The number of amides is 1. The van der Waals surface area contributed by atoms with Crippen molar-refractivity contribution < 1.29 is 14.3 Å². The highest BCUT2D eigenvalue weighted by molar-refractivity contribution is 5.96. The van der Waals surface area contributed by atoms with E-state index in [0.29, 0.717) is 17.7 Å². The molecular weight excluding hydrogens is 232 g/mol. The van der Waals surface area contributed by atoms with Crippen LogP contribution in [0.25, 0.3) is 11.0 Å². The van der Waals surface area contributed by atoms with Crippen LogP contribution >= 0.6 is 0 Å². The fourth-order valence-electron chi connectivity index (χ4n) is 1.71. The summed E-state index contributed by atoms with van der Waals surface area (Å²) < 4.78 is 5.43. The second-order valence-corrected chi connectivity index (χ2v) is 4.17. The molecule has 0 saturated carbocycles.